The number of benzene rings is 2. The molecule has 0 bridgehead atoms. The van der Waals surface area contributed by atoms with Crippen LogP contribution in [0.2, 0.25) is 0 Å². The first-order valence-corrected chi connectivity index (χ1v) is 10.5. The Labute approximate surface area is 173 Å². The molecule has 5 heteroatoms. The molecule has 0 radical (unpaired) electrons. The highest BCUT2D eigenvalue weighted by Gasteiger charge is 2.30. The zero-order valence-corrected chi connectivity index (χ0v) is 17.6. The van der Waals surface area contributed by atoms with Crippen LogP contribution in [0.3, 0.4) is 0 Å². The molecule has 2 amide bonds. The summed E-state index contributed by atoms with van der Waals surface area (Å²) in [5.74, 6) is 0.335. The summed E-state index contributed by atoms with van der Waals surface area (Å²) in [7, 11) is 0. The van der Waals surface area contributed by atoms with Crippen molar-refractivity contribution in [2.45, 2.75) is 52.1 Å². The van der Waals surface area contributed by atoms with E-state index in [1.807, 2.05) is 13.0 Å². The van der Waals surface area contributed by atoms with Crippen molar-refractivity contribution in [1.29, 1.82) is 0 Å². The molecule has 2 N–H and O–H groups in total. The van der Waals surface area contributed by atoms with Gasteiger partial charge in [0.05, 0.1) is 6.54 Å². The van der Waals surface area contributed by atoms with Crippen molar-refractivity contribution in [3.05, 3.63) is 65.2 Å². The van der Waals surface area contributed by atoms with Gasteiger partial charge in [0, 0.05) is 30.4 Å². The van der Waals surface area contributed by atoms with Gasteiger partial charge in [0.2, 0.25) is 5.91 Å². The van der Waals surface area contributed by atoms with E-state index in [-0.39, 0.29) is 11.8 Å². The summed E-state index contributed by atoms with van der Waals surface area (Å²) in [6.45, 7) is 7.96. The van der Waals surface area contributed by atoms with Crippen LogP contribution in [-0.2, 0) is 11.3 Å². The summed E-state index contributed by atoms with van der Waals surface area (Å²) in [5, 5.41) is 5.72. The second-order valence-corrected chi connectivity index (χ2v) is 8.02. The molecule has 0 atom stereocenters. The molecule has 0 unspecified atom stereocenters. The van der Waals surface area contributed by atoms with Crippen molar-refractivity contribution in [2.24, 2.45) is 0 Å². The van der Waals surface area contributed by atoms with Crippen LogP contribution in [0, 0.1) is 0 Å². The minimum absolute atomic E-state index is 0.0521. The van der Waals surface area contributed by atoms with E-state index in [0.29, 0.717) is 36.3 Å². The zero-order chi connectivity index (χ0) is 20.8. The fraction of sp³-hybridized carbons (Fsp3) is 0.417. The minimum atomic E-state index is -0.131. The molecule has 5 nitrogen and oxygen atoms in total. The predicted octanol–water partition coefficient (Wildman–Crippen LogP) is 4.16. The molecule has 0 aromatic heterocycles. The third-order valence-corrected chi connectivity index (χ3v) is 5.19. The molecule has 154 valence electrons. The molecular weight excluding hydrogens is 362 g/mol. The average Bonchev–Trinajstić information content (AvgIpc) is 3.53. The fourth-order valence-corrected chi connectivity index (χ4v) is 3.38. The number of hydrogen-bond acceptors (Lipinski definition) is 3. The van der Waals surface area contributed by atoms with Crippen LogP contribution in [0.25, 0.3) is 0 Å². The number of nitrogens with one attached hydrogen (secondary N) is 2. The van der Waals surface area contributed by atoms with Crippen molar-refractivity contribution in [1.82, 2.24) is 10.2 Å². The Morgan fingerprint density at radius 2 is 1.83 bits per heavy atom. The fourth-order valence-electron chi connectivity index (χ4n) is 3.38. The molecule has 1 aliphatic rings. The maximum absolute atomic E-state index is 12.6. The van der Waals surface area contributed by atoms with E-state index < -0.39 is 0 Å². The van der Waals surface area contributed by atoms with Gasteiger partial charge in [-0.2, -0.15) is 0 Å². The smallest absolute Gasteiger partial charge is 0.251 e. The van der Waals surface area contributed by atoms with Gasteiger partial charge in [0.25, 0.3) is 5.91 Å². The lowest BCUT2D eigenvalue weighted by Gasteiger charge is -2.22. The Morgan fingerprint density at radius 1 is 1.10 bits per heavy atom. The standard InChI is InChI=1S/C24H31N3O2/c1-4-25-24(29)20-6-5-7-21(14-20)26-23(28)16-27(22-12-13-22)15-18-8-10-19(11-9-18)17(2)3/h5-11,14,17,22H,4,12-13,15-16H2,1-3H3,(H,25,29)(H,26,28). The predicted molar refractivity (Wildman–Crippen MR) is 117 cm³/mol. The highest BCUT2D eigenvalue weighted by Crippen LogP contribution is 2.28. The van der Waals surface area contributed by atoms with Gasteiger partial charge < -0.3 is 10.6 Å². The van der Waals surface area contributed by atoms with Gasteiger partial charge in [-0.15, -0.1) is 0 Å². The molecule has 1 fully saturated rings. The summed E-state index contributed by atoms with van der Waals surface area (Å²) >= 11 is 0. The molecule has 0 heterocycles. The summed E-state index contributed by atoms with van der Waals surface area (Å²) in [6, 6.07) is 16.2. The summed E-state index contributed by atoms with van der Waals surface area (Å²) in [4.78, 5) is 26.9. The molecule has 2 aromatic carbocycles. The van der Waals surface area contributed by atoms with Crippen LogP contribution in [0.4, 0.5) is 5.69 Å². The summed E-state index contributed by atoms with van der Waals surface area (Å²) < 4.78 is 0. The Kier molecular flexibility index (Phi) is 7.04. The Hall–Kier alpha value is -2.66. The quantitative estimate of drug-likeness (QED) is 0.672. The van der Waals surface area contributed by atoms with Gasteiger partial charge in [-0.05, 0) is 55.0 Å². The first-order valence-electron chi connectivity index (χ1n) is 10.5. The molecule has 3 rings (SSSR count). The van der Waals surface area contributed by atoms with Crippen molar-refractivity contribution in [3.63, 3.8) is 0 Å². The molecule has 2 aromatic rings. The number of amides is 2. The summed E-state index contributed by atoms with van der Waals surface area (Å²) in [6.07, 6.45) is 2.29. The van der Waals surface area contributed by atoms with Crippen LogP contribution < -0.4 is 10.6 Å². The van der Waals surface area contributed by atoms with Crippen LogP contribution in [0.1, 0.15) is 61.0 Å². The van der Waals surface area contributed by atoms with Crippen LogP contribution in [0.5, 0.6) is 0 Å². The number of carbonyl (C=O) groups is 2. The number of nitrogens with zero attached hydrogens (tertiary/aromatic N) is 1. The van der Waals surface area contributed by atoms with E-state index in [4.69, 9.17) is 0 Å². The van der Waals surface area contributed by atoms with Crippen molar-refractivity contribution in [3.8, 4) is 0 Å². The Bertz CT molecular complexity index is 841. The van der Waals surface area contributed by atoms with Crippen LogP contribution >= 0.6 is 0 Å². The van der Waals surface area contributed by atoms with E-state index in [0.717, 1.165) is 19.4 Å². The maximum atomic E-state index is 12.6. The van der Waals surface area contributed by atoms with Gasteiger partial charge in [-0.1, -0.05) is 44.2 Å². The molecule has 1 saturated carbocycles. The van der Waals surface area contributed by atoms with E-state index in [2.05, 4.69) is 53.6 Å². The molecule has 1 aliphatic carbocycles. The van der Waals surface area contributed by atoms with E-state index >= 15 is 0 Å². The topological polar surface area (TPSA) is 61.4 Å². The van der Waals surface area contributed by atoms with Gasteiger partial charge in [-0.25, -0.2) is 0 Å². The van der Waals surface area contributed by atoms with E-state index in [1.165, 1.54) is 11.1 Å². The number of hydrogen-bond donors (Lipinski definition) is 2. The van der Waals surface area contributed by atoms with Gasteiger partial charge >= 0.3 is 0 Å². The van der Waals surface area contributed by atoms with Crippen molar-refractivity contribution < 1.29 is 9.59 Å². The molecule has 0 spiro atoms. The van der Waals surface area contributed by atoms with Crippen LogP contribution in [0.15, 0.2) is 48.5 Å². The maximum Gasteiger partial charge on any atom is 0.251 e. The third-order valence-electron chi connectivity index (χ3n) is 5.19. The van der Waals surface area contributed by atoms with Crippen molar-refractivity contribution >= 4 is 17.5 Å². The van der Waals surface area contributed by atoms with Crippen LogP contribution in [-0.4, -0.2) is 35.8 Å². The average molecular weight is 394 g/mol. The van der Waals surface area contributed by atoms with Gasteiger partial charge in [0.1, 0.15) is 0 Å². The second-order valence-electron chi connectivity index (χ2n) is 8.02. The van der Waals surface area contributed by atoms with E-state index in [1.54, 1.807) is 18.2 Å². The monoisotopic (exact) mass is 393 g/mol. The largest absolute Gasteiger partial charge is 0.352 e. The highest BCUT2D eigenvalue weighted by atomic mass is 16.2. The number of anilines is 1. The van der Waals surface area contributed by atoms with E-state index in [9.17, 15) is 9.59 Å². The Balaban J connectivity index is 1.60. The third kappa shape index (κ3) is 6.16. The number of rotatable bonds is 9. The second kappa shape index (κ2) is 9.70. The van der Waals surface area contributed by atoms with Gasteiger partial charge in [0.15, 0.2) is 0 Å². The normalized spacial score (nSPS) is 13.6. The molecule has 29 heavy (non-hydrogen) atoms. The lowest BCUT2D eigenvalue weighted by molar-refractivity contribution is -0.117. The molecular formula is C24H31N3O2. The Morgan fingerprint density at radius 3 is 2.45 bits per heavy atom. The zero-order valence-electron chi connectivity index (χ0n) is 17.6. The highest BCUT2D eigenvalue weighted by molar-refractivity contribution is 5.97. The lowest BCUT2D eigenvalue weighted by Crippen LogP contribution is -2.34. The first-order chi connectivity index (χ1) is 14.0. The molecule has 0 aliphatic heterocycles. The first kappa shape index (κ1) is 21.1. The SMILES string of the molecule is CCNC(=O)c1cccc(NC(=O)CN(Cc2ccc(C(C)C)cc2)C2CC2)c1. The van der Waals surface area contributed by atoms with Gasteiger partial charge in [-0.3, -0.25) is 14.5 Å². The number of carbonyl (C=O) groups excluding carboxylic acids is 2. The van der Waals surface area contributed by atoms with Crippen molar-refractivity contribution in [2.75, 3.05) is 18.4 Å². The molecule has 0 saturated heterocycles. The summed E-state index contributed by atoms with van der Waals surface area (Å²) in [5.41, 5.74) is 3.76. The minimum Gasteiger partial charge on any atom is -0.352 e. The lowest BCUT2D eigenvalue weighted by atomic mass is 10.0.